The van der Waals surface area contributed by atoms with Gasteiger partial charge in [0.1, 0.15) is 0 Å². The van der Waals surface area contributed by atoms with Crippen LogP contribution in [0.15, 0.2) is 11.6 Å². The molecule has 1 rings (SSSR count). The van der Waals surface area contributed by atoms with Crippen molar-refractivity contribution < 1.29 is 32.8 Å². The van der Waals surface area contributed by atoms with Crippen LogP contribution in [0.3, 0.4) is 0 Å². The van der Waals surface area contributed by atoms with Crippen LogP contribution in [0.1, 0.15) is 67.2 Å². The van der Waals surface area contributed by atoms with Crippen molar-refractivity contribution in [3.63, 3.8) is 0 Å². The predicted molar refractivity (Wildman–Crippen MR) is 88.7 cm³/mol. The first-order valence-electron chi connectivity index (χ1n) is 8.22. The van der Waals surface area contributed by atoms with Gasteiger partial charge in [-0.25, -0.2) is 5.82 Å². The van der Waals surface area contributed by atoms with Crippen molar-refractivity contribution >= 4 is 6.75 Å². The molecule has 0 spiro atoms. The minimum absolute atomic E-state index is 0. The monoisotopic (exact) mass is 300 g/mol. The van der Waals surface area contributed by atoms with Gasteiger partial charge in [0.15, 0.2) is 0 Å². The largest absolute Gasteiger partial charge is 1.00 e. The second-order valence-corrected chi connectivity index (χ2v) is 6.44. The normalized spacial score (nSPS) is 15.4. The Morgan fingerprint density at radius 1 is 0.909 bits per heavy atom. The zero-order chi connectivity index (χ0) is 15.9. The summed E-state index contributed by atoms with van der Waals surface area (Å²) in [6.07, 6.45) is 6.84. The summed E-state index contributed by atoms with van der Waals surface area (Å²) in [6.45, 7) is 9.82. The fraction of sp³-hybridized carbons (Fsp3) is 0.765. The molecule has 22 heavy (non-hydrogen) atoms. The quantitative estimate of drug-likeness (QED) is 0.546. The van der Waals surface area contributed by atoms with Gasteiger partial charge in [0.2, 0.25) is 0 Å². The summed E-state index contributed by atoms with van der Waals surface area (Å²) in [5.41, 5.74) is 1.18. The van der Waals surface area contributed by atoms with E-state index < -0.39 is 6.75 Å². The van der Waals surface area contributed by atoms with E-state index in [4.69, 9.17) is 14.0 Å². The van der Waals surface area contributed by atoms with E-state index in [0.717, 1.165) is 12.8 Å². The summed E-state index contributed by atoms with van der Waals surface area (Å²) in [5, 5.41) is 0. The van der Waals surface area contributed by atoms with Gasteiger partial charge < -0.3 is 14.0 Å². The molecule has 0 aliphatic heterocycles. The van der Waals surface area contributed by atoms with Crippen LogP contribution in [0.25, 0.3) is 0 Å². The van der Waals surface area contributed by atoms with Crippen molar-refractivity contribution in [3.8, 4) is 11.7 Å². The second-order valence-electron chi connectivity index (χ2n) is 6.44. The molecule has 1 aliphatic carbocycles. The second kappa shape index (κ2) is 10.6. The molecule has 5 heteroatoms. The van der Waals surface area contributed by atoms with E-state index in [9.17, 15) is 0 Å². The van der Waals surface area contributed by atoms with E-state index in [0.29, 0.717) is 0 Å². The molecular formula is C17H30BLiO3. The van der Waals surface area contributed by atoms with Gasteiger partial charge in [-0.2, -0.15) is 0 Å². The molecule has 0 heterocycles. The Hall–Kier alpha value is -0.158. The summed E-state index contributed by atoms with van der Waals surface area (Å²) in [4.78, 5) is 0. The zero-order valence-electron chi connectivity index (χ0n) is 15.4. The molecule has 0 aromatic carbocycles. The summed E-state index contributed by atoms with van der Waals surface area (Å²) in [5.74, 6) is 6.42. The summed E-state index contributed by atoms with van der Waals surface area (Å²) in [7, 11) is 0. The Balaban J connectivity index is 0.00000441. The third-order valence-corrected chi connectivity index (χ3v) is 3.05. The van der Waals surface area contributed by atoms with Crippen molar-refractivity contribution in [1.82, 2.24) is 0 Å². The molecule has 0 aromatic heterocycles. The van der Waals surface area contributed by atoms with Crippen molar-refractivity contribution in [2.24, 2.45) is 0 Å². The Kier molecular flexibility index (Phi) is 10.5. The van der Waals surface area contributed by atoms with E-state index in [1.165, 1.54) is 18.4 Å². The van der Waals surface area contributed by atoms with Crippen LogP contribution in [0, 0.1) is 11.7 Å². The van der Waals surface area contributed by atoms with E-state index in [1.807, 2.05) is 41.5 Å². The fourth-order valence-electron chi connectivity index (χ4n) is 2.41. The van der Waals surface area contributed by atoms with Gasteiger partial charge in [0.05, 0.1) is 0 Å². The van der Waals surface area contributed by atoms with Gasteiger partial charge in [-0.3, -0.25) is 0 Å². The minimum atomic E-state index is -2.04. The maximum atomic E-state index is 5.97. The minimum Gasteiger partial charge on any atom is -0.532 e. The average molecular weight is 300 g/mol. The Morgan fingerprint density at radius 3 is 1.77 bits per heavy atom. The molecule has 0 unspecified atom stereocenters. The van der Waals surface area contributed by atoms with Crippen molar-refractivity contribution in [1.29, 1.82) is 0 Å². The molecule has 0 bridgehead atoms. The Morgan fingerprint density at radius 2 is 1.41 bits per heavy atom. The fourth-order valence-corrected chi connectivity index (χ4v) is 2.41. The number of allylic oxidation sites excluding steroid dienone is 2. The Labute approximate surface area is 148 Å². The number of hydrogen-bond acceptors (Lipinski definition) is 3. The van der Waals surface area contributed by atoms with Crippen LogP contribution in [-0.2, 0) is 14.0 Å². The third kappa shape index (κ3) is 8.47. The molecule has 0 radical (unpaired) electrons. The molecule has 0 atom stereocenters. The van der Waals surface area contributed by atoms with Gasteiger partial charge in [0.25, 0.3) is 0 Å². The maximum absolute atomic E-state index is 5.97. The van der Waals surface area contributed by atoms with E-state index in [2.05, 4.69) is 17.8 Å². The molecule has 0 N–H and O–H groups in total. The van der Waals surface area contributed by atoms with Gasteiger partial charge >= 0.3 is 25.6 Å². The van der Waals surface area contributed by atoms with Gasteiger partial charge in [0, 0.05) is 18.3 Å². The summed E-state index contributed by atoms with van der Waals surface area (Å²) < 4.78 is 17.9. The summed E-state index contributed by atoms with van der Waals surface area (Å²) in [6, 6.07) is 0. The van der Waals surface area contributed by atoms with Crippen LogP contribution in [0.4, 0.5) is 0 Å². The SMILES string of the molecule is CC(C)O[B-](C#CC1=CCCCC1)(OC(C)C)OC(C)C.[Li+]. The van der Waals surface area contributed by atoms with Crippen LogP contribution in [0.5, 0.6) is 0 Å². The number of rotatable bonds is 6. The van der Waals surface area contributed by atoms with Crippen molar-refractivity contribution in [2.45, 2.75) is 85.5 Å². The van der Waals surface area contributed by atoms with Crippen LogP contribution in [-0.4, -0.2) is 25.1 Å². The first kappa shape index (κ1) is 21.8. The van der Waals surface area contributed by atoms with Gasteiger partial charge in [-0.05, 0) is 72.8 Å². The van der Waals surface area contributed by atoms with Crippen LogP contribution in [0.2, 0.25) is 0 Å². The standard InChI is InChI=1S/C17H30BO3.Li/c1-14(2)19-18(20-15(3)4,21-16(5)6)13-12-17-10-8-7-9-11-17;/h10,14-16H,7-9,11H2,1-6H3;/q-1;+1. The number of hydrogen-bond donors (Lipinski definition) is 0. The van der Waals surface area contributed by atoms with E-state index in [-0.39, 0.29) is 37.2 Å². The third-order valence-electron chi connectivity index (χ3n) is 3.05. The first-order chi connectivity index (χ1) is 9.83. The molecule has 1 aliphatic rings. The molecule has 0 saturated carbocycles. The zero-order valence-corrected chi connectivity index (χ0v) is 15.4. The molecule has 0 fully saturated rings. The van der Waals surface area contributed by atoms with Gasteiger partial charge in [-0.15, -0.1) is 5.92 Å². The van der Waals surface area contributed by atoms with Crippen LogP contribution < -0.4 is 18.9 Å². The molecule has 0 saturated heterocycles. The molecule has 120 valence electrons. The average Bonchev–Trinajstić information content (AvgIpc) is 2.35. The molecule has 0 amide bonds. The Bertz CT molecular complexity index is 381. The smallest absolute Gasteiger partial charge is 0.532 e. The predicted octanol–water partition coefficient (Wildman–Crippen LogP) is 1.25. The maximum Gasteiger partial charge on any atom is 1.00 e. The van der Waals surface area contributed by atoms with Crippen molar-refractivity contribution in [2.75, 3.05) is 0 Å². The molecule has 0 aromatic rings. The first-order valence-corrected chi connectivity index (χ1v) is 8.22. The van der Waals surface area contributed by atoms with Crippen molar-refractivity contribution in [3.05, 3.63) is 11.6 Å². The van der Waals surface area contributed by atoms with E-state index in [1.54, 1.807) is 0 Å². The van der Waals surface area contributed by atoms with Gasteiger partial charge in [-0.1, -0.05) is 6.08 Å². The van der Waals surface area contributed by atoms with Crippen LogP contribution >= 0.6 is 0 Å². The molecule has 3 nitrogen and oxygen atoms in total. The molecular weight excluding hydrogens is 270 g/mol. The van der Waals surface area contributed by atoms with E-state index >= 15 is 0 Å². The topological polar surface area (TPSA) is 27.7 Å². The summed E-state index contributed by atoms with van der Waals surface area (Å²) >= 11 is 0.